The second kappa shape index (κ2) is 6.99. The molecule has 0 aromatic heterocycles. The molecule has 2 aromatic carbocycles. The highest BCUT2D eigenvalue weighted by atomic mass is 35.5. The molecule has 5 heteroatoms. The molecule has 0 spiro atoms. The van der Waals surface area contributed by atoms with Gasteiger partial charge in [0.25, 0.3) is 0 Å². The van der Waals surface area contributed by atoms with Crippen LogP contribution in [0.3, 0.4) is 0 Å². The zero-order valence-electron chi connectivity index (χ0n) is 11.7. The summed E-state index contributed by atoms with van der Waals surface area (Å²) in [6, 6.07) is 13.1. The molecule has 0 heterocycles. The van der Waals surface area contributed by atoms with E-state index < -0.39 is 0 Å². The van der Waals surface area contributed by atoms with Crippen molar-refractivity contribution in [2.45, 2.75) is 13.0 Å². The van der Waals surface area contributed by atoms with E-state index in [9.17, 15) is 4.79 Å². The van der Waals surface area contributed by atoms with Crippen LogP contribution < -0.4 is 15.8 Å². The zero-order chi connectivity index (χ0) is 15.2. The average molecular weight is 305 g/mol. The molecule has 4 nitrogen and oxygen atoms in total. The summed E-state index contributed by atoms with van der Waals surface area (Å²) < 4.78 is 5.31. The first-order valence-electron chi connectivity index (χ1n) is 6.53. The van der Waals surface area contributed by atoms with Crippen LogP contribution in [0.2, 0.25) is 5.02 Å². The lowest BCUT2D eigenvalue weighted by molar-refractivity contribution is -0.117. The number of carbonyl (C=O) groups excluding carboxylic acids is 1. The second-order valence-electron chi connectivity index (χ2n) is 4.57. The number of methoxy groups -OCH3 is 1. The van der Waals surface area contributed by atoms with Crippen LogP contribution in [-0.4, -0.2) is 13.0 Å². The maximum atomic E-state index is 11.1. The lowest BCUT2D eigenvalue weighted by atomic mass is 10.1. The third kappa shape index (κ3) is 3.89. The Morgan fingerprint density at radius 1 is 1.24 bits per heavy atom. The summed E-state index contributed by atoms with van der Waals surface area (Å²) >= 11 is 6.20. The van der Waals surface area contributed by atoms with E-state index in [4.69, 9.17) is 22.1 Å². The molecule has 2 aromatic rings. The minimum Gasteiger partial charge on any atom is -0.496 e. The largest absolute Gasteiger partial charge is 0.496 e. The number of rotatable bonds is 6. The minimum atomic E-state index is -0.362. The molecule has 0 radical (unpaired) electrons. The minimum absolute atomic E-state index is 0.197. The first-order valence-corrected chi connectivity index (χ1v) is 6.91. The molecular formula is C16H17ClN2O2. The molecule has 0 saturated heterocycles. The van der Waals surface area contributed by atoms with Gasteiger partial charge in [-0.1, -0.05) is 35.9 Å². The maximum Gasteiger partial charge on any atom is 0.221 e. The van der Waals surface area contributed by atoms with Crippen LogP contribution in [-0.2, 0) is 17.8 Å². The summed E-state index contributed by atoms with van der Waals surface area (Å²) in [5.74, 6) is 0.363. The predicted molar refractivity (Wildman–Crippen MR) is 84.7 cm³/mol. The van der Waals surface area contributed by atoms with Gasteiger partial charge in [-0.2, -0.15) is 0 Å². The fourth-order valence-corrected chi connectivity index (χ4v) is 2.35. The van der Waals surface area contributed by atoms with Crippen molar-refractivity contribution >= 4 is 23.2 Å². The molecule has 0 bridgehead atoms. The Kier molecular flexibility index (Phi) is 5.06. The topological polar surface area (TPSA) is 64.3 Å². The highest BCUT2D eigenvalue weighted by molar-refractivity contribution is 6.31. The van der Waals surface area contributed by atoms with Gasteiger partial charge in [0.15, 0.2) is 0 Å². The van der Waals surface area contributed by atoms with Gasteiger partial charge in [-0.15, -0.1) is 0 Å². The van der Waals surface area contributed by atoms with Gasteiger partial charge >= 0.3 is 0 Å². The van der Waals surface area contributed by atoms with Crippen molar-refractivity contribution in [1.29, 1.82) is 0 Å². The Labute approximate surface area is 128 Å². The third-order valence-electron chi connectivity index (χ3n) is 3.13. The highest BCUT2D eigenvalue weighted by Gasteiger charge is 2.09. The van der Waals surface area contributed by atoms with Crippen molar-refractivity contribution in [3.63, 3.8) is 0 Å². The molecule has 110 valence electrons. The number of hydrogen-bond donors (Lipinski definition) is 2. The van der Waals surface area contributed by atoms with Crippen LogP contribution in [0.25, 0.3) is 0 Å². The van der Waals surface area contributed by atoms with E-state index in [0.717, 1.165) is 22.6 Å². The first-order chi connectivity index (χ1) is 10.1. The van der Waals surface area contributed by atoms with E-state index in [1.807, 2.05) is 42.5 Å². The number of hydrogen-bond acceptors (Lipinski definition) is 3. The van der Waals surface area contributed by atoms with E-state index in [1.165, 1.54) is 0 Å². The van der Waals surface area contributed by atoms with Crippen molar-refractivity contribution < 1.29 is 9.53 Å². The number of carbonyl (C=O) groups is 1. The Bertz CT molecular complexity index is 644. The van der Waals surface area contributed by atoms with Crippen LogP contribution in [0.4, 0.5) is 5.69 Å². The van der Waals surface area contributed by atoms with Crippen molar-refractivity contribution in [2.75, 3.05) is 12.4 Å². The van der Waals surface area contributed by atoms with Crippen molar-refractivity contribution in [3.8, 4) is 5.75 Å². The fourth-order valence-electron chi connectivity index (χ4n) is 2.12. The van der Waals surface area contributed by atoms with E-state index in [2.05, 4.69) is 5.32 Å². The number of amides is 1. The number of benzene rings is 2. The molecule has 21 heavy (non-hydrogen) atoms. The summed E-state index contributed by atoms with van der Waals surface area (Å²) in [4.78, 5) is 11.1. The summed E-state index contributed by atoms with van der Waals surface area (Å²) in [5, 5.41) is 3.91. The lowest BCUT2D eigenvalue weighted by Gasteiger charge is -2.14. The number of para-hydroxylation sites is 1. The summed E-state index contributed by atoms with van der Waals surface area (Å²) in [7, 11) is 1.61. The van der Waals surface area contributed by atoms with Gasteiger partial charge in [-0.25, -0.2) is 0 Å². The van der Waals surface area contributed by atoms with Gasteiger partial charge in [0, 0.05) is 22.8 Å². The van der Waals surface area contributed by atoms with Gasteiger partial charge in [-0.05, 0) is 23.8 Å². The zero-order valence-corrected chi connectivity index (χ0v) is 12.5. The summed E-state index contributed by atoms with van der Waals surface area (Å²) in [6.45, 7) is 0.499. The number of ether oxygens (including phenoxy) is 1. The number of nitrogens with one attached hydrogen (secondary N) is 1. The van der Waals surface area contributed by atoms with Gasteiger partial charge in [0.2, 0.25) is 5.91 Å². The fraction of sp³-hybridized carbons (Fsp3) is 0.188. The number of primary amides is 1. The molecule has 0 aliphatic carbocycles. The quantitative estimate of drug-likeness (QED) is 0.862. The Morgan fingerprint density at radius 3 is 2.71 bits per heavy atom. The monoisotopic (exact) mass is 304 g/mol. The molecule has 0 fully saturated rings. The molecular weight excluding hydrogens is 288 g/mol. The normalized spacial score (nSPS) is 10.2. The van der Waals surface area contributed by atoms with Crippen LogP contribution in [0.15, 0.2) is 42.5 Å². The SMILES string of the molecule is COc1cccc(Cl)c1CNc1ccccc1CC(N)=O. The average Bonchev–Trinajstić information content (AvgIpc) is 2.46. The Balaban J connectivity index is 2.19. The van der Waals surface area contributed by atoms with Crippen LogP contribution in [0.1, 0.15) is 11.1 Å². The Morgan fingerprint density at radius 2 is 2.00 bits per heavy atom. The Hall–Kier alpha value is -2.20. The lowest BCUT2D eigenvalue weighted by Crippen LogP contribution is -2.15. The summed E-state index contributed by atoms with van der Waals surface area (Å²) in [5.41, 5.74) is 7.85. The molecule has 3 N–H and O–H groups in total. The molecule has 0 atom stereocenters. The molecule has 0 unspecified atom stereocenters. The number of halogens is 1. The highest BCUT2D eigenvalue weighted by Crippen LogP contribution is 2.27. The van der Waals surface area contributed by atoms with Gasteiger partial charge in [0.1, 0.15) is 5.75 Å². The first kappa shape index (κ1) is 15.2. The van der Waals surface area contributed by atoms with E-state index in [0.29, 0.717) is 11.6 Å². The van der Waals surface area contributed by atoms with Crippen molar-refractivity contribution in [2.24, 2.45) is 5.73 Å². The van der Waals surface area contributed by atoms with E-state index >= 15 is 0 Å². The smallest absolute Gasteiger partial charge is 0.221 e. The van der Waals surface area contributed by atoms with Crippen LogP contribution >= 0.6 is 11.6 Å². The molecule has 0 saturated carbocycles. The molecule has 1 amide bonds. The maximum absolute atomic E-state index is 11.1. The second-order valence-corrected chi connectivity index (χ2v) is 4.98. The van der Waals surface area contributed by atoms with Gasteiger partial charge in [-0.3, -0.25) is 4.79 Å². The number of nitrogens with two attached hydrogens (primary N) is 1. The van der Waals surface area contributed by atoms with Crippen LogP contribution in [0, 0.1) is 0 Å². The third-order valence-corrected chi connectivity index (χ3v) is 3.49. The molecule has 0 aliphatic rings. The van der Waals surface area contributed by atoms with Gasteiger partial charge in [0.05, 0.1) is 13.5 Å². The summed E-state index contributed by atoms with van der Waals surface area (Å²) in [6.07, 6.45) is 0.197. The van der Waals surface area contributed by atoms with Gasteiger partial charge < -0.3 is 15.8 Å². The van der Waals surface area contributed by atoms with Crippen LogP contribution in [0.5, 0.6) is 5.75 Å². The molecule has 2 rings (SSSR count). The van der Waals surface area contributed by atoms with E-state index in [-0.39, 0.29) is 12.3 Å². The van der Waals surface area contributed by atoms with Crippen molar-refractivity contribution in [1.82, 2.24) is 0 Å². The predicted octanol–water partition coefficient (Wildman–Crippen LogP) is 2.99. The van der Waals surface area contributed by atoms with E-state index in [1.54, 1.807) is 7.11 Å². The van der Waals surface area contributed by atoms with Crippen molar-refractivity contribution in [3.05, 3.63) is 58.6 Å². The molecule has 0 aliphatic heterocycles. The standard InChI is InChI=1S/C16H17ClN2O2/c1-21-15-8-4-6-13(17)12(15)10-19-14-7-3-2-5-11(14)9-16(18)20/h2-8,19H,9-10H2,1H3,(H2,18,20). The number of anilines is 1.